The number of nitriles is 1. The number of aromatic nitrogens is 1. The minimum absolute atomic E-state index is 0.0287. The molecule has 2 aromatic carbocycles. The van der Waals surface area contributed by atoms with Gasteiger partial charge in [-0.2, -0.15) is 18.4 Å². The predicted molar refractivity (Wildman–Crippen MR) is 128 cm³/mol. The van der Waals surface area contributed by atoms with Crippen molar-refractivity contribution in [3.63, 3.8) is 0 Å². The zero-order valence-electron chi connectivity index (χ0n) is 16.7. The Hall–Kier alpha value is -2.07. The molecule has 0 spiro atoms. The molecule has 2 atom stereocenters. The van der Waals surface area contributed by atoms with E-state index in [4.69, 9.17) is 33.6 Å². The van der Waals surface area contributed by atoms with Crippen LogP contribution in [0.15, 0.2) is 69.4 Å². The van der Waals surface area contributed by atoms with Gasteiger partial charge in [0.05, 0.1) is 37.8 Å². The van der Waals surface area contributed by atoms with Crippen LogP contribution in [0.5, 0.6) is 0 Å². The Morgan fingerprint density at radius 2 is 1.97 bits per heavy atom. The van der Waals surface area contributed by atoms with Crippen LogP contribution in [-0.2, 0) is 14.8 Å². The zero-order chi connectivity index (χ0) is 24.9. The van der Waals surface area contributed by atoms with Crippen molar-refractivity contribution in [2.45, 2.75) is 25.5 Å². The summed E-state index contributed by atoms with van der Waals surface area (Å²) >= 11 is 15.2. The number of thiazole rings is 1. The maximum Gasteiger partial charge on any atom is 0.416 e. The van der Waals surface area contributed by atoms with E-state index in [-0.39, 0.29) is 10.6 Å². The van der Waals surface area contributed by atoms with Gasteiger partial charge >= 0.3 is 6.18 Å². The van der Waals surface area contributed by atoms with E-state index in [1.165, 1.54) is 41.3 Å². The van der Waals surface area contributed by atoms with E-state index in [1.807, 2.05) is 6.07 Å². The first-order valence-electron chi connectivity index (χ1n) is 9.28. The molecule has 1 aliphatic carbocycles. The van der Waals surface area contributed by atoms with Gasteiger partial charge in [-0.15, -0.1) is 22.9 Å². The number of rotatable bonds is 4. The van der Waals surface area contributed by atoms with E-state index in [1.54, 1.807) is 18.2 Å². The molecule has 0 bridgehead atoms. The minimum atomic E-state index is -4.70. The quantitative estimate of drug-likeness (QED) is 0.387. The first-order chi connectivity index (χ1) is 15.8. The summed E-state index contributed by atoms with van der Waals surface area (Å²) in [5, 5.41) is 13.0. The lowest BCUT2D eigenvalue weighted by atomic mass is 9.88. The largest absolute Gasteiger partial charge is 0.416 e. The van der Waals surface area contributed by atoms with Gasteiger partial charge in [0.15, 0.2) is 4.34 Å². The predicted octanol–water partition coefficient (Wildman–Crippen LogP) is 6.12. The highest BCUT2D eigenvalue weighted by molar-refractivity contribution is 8.01. The molecule has 34 heavy (non-hydrogen) atoms. The highest BCUT2D eigenvalue weighted by atomic mass is 35.5. The van der Waals surface area contributed by atoms with Gasteiger partial charge in [-0.05, 0) is 35.9 Å². The number of hydrogen-bond acceptors (Lipinski definition) is 6. The van der Waals surface area contributed by atoms with Gasteiger partial charge in [0, 0.05) is 4.90 Å². The van der Waals surface area contributed by atoms with Crippen LogP contribution in [0, 0.1) is 11.3 Å². The van der Waals surface area contributed by atoms with Crippen molar-refractivity contribution >= 4 is 66.5 Å². The molecule has 1 aromatic heterocycles. The molecule has 0 aliphatic heterocycles. The molecule has 0 fully saturated rings. The molecule has 0 radical (unpaired) electrons. The fourth-order valence-electron chi connectivity index (χ4n) is 3.44. The topological polar surface area (TPSA) is 96.8 Å². The van der Waals surface area contributed by atoms with Crippen LogP contribution < -0.4 is 5.14 Å². The molecule has 176 valence electrons. The molecule has 0 saturated heterocycles. The van der Waals surface area contributed by atoms with E-state index in [9.17, 15) is 21.6 Å². The van der Waals surface area contributed by atoms with Gasteiger partial charge in [-0.25, -0.2) is 18.5 Å². The molecule has 0 saturated carbocycles. The lowest BCUT2D eigenvalue weighted by Gasteiger charge is -2.35. The summed E-state index contributed by atoms with van der Waals surface area (Å²) in [6, 6.07) is 11.4. The van der Waals surface area contributed by atoms with Crippen LogP contribution in [0.1, 0.15) is 11.1 Å². The van der Waals surface area contributed by atoms with Crippen molar-refractivity contribution < 1.29 is 21.6 Å². The van der Waals surface area contributed by atoms with Crippen molar-refractivity contribution in [3.05, 3.63) is 76.3 Å². The number of sulfonamides is 1. The monoisotopic (exact) mass is 561 g/mol. The molecule has 2 unspecified atom stereocenters. The average Bonchev–Trinajstić information content (AvgIpc) is 3.15. The number of hydrogen-bond donors (Lipinski definition) is 1. The first-order valence-corrected chi connectivity index (χ1v) is 13.3. The molecule has 3 aromatic rings. The average molecular weight is 562 g/mol. The normalized spacial score (nSPS) is 20.9. The standard InChI is InChI=1S/C21H12Cl2F3N3O2S3/c22-14-8-12(20(34(28,30)31)6-5-13(9-18(20)23)21(24,25)26)2-4-16(14)32-19-29-15-7-11(10-27)1-3-17(15)33-19/h1-9,18H,(H2,28,30,31). The SMILES string of the molecule is N#Cc1ccc2sc(Sc3ccc(C4(S(N)(=O)=O)C=CC(C(F)(F)F)=CC4Cl)cc3Cl)nc2c1. The highest BCUT2D eigenvalue weighted by Gasteiger charge is 2.50. The Bertz CT molecular complexity index is 1510. The lowest BCUT2D eigenvalue weighted by molar-refractivity contribution is -0.0886. The van der Waals surface area contributed by atoms with Crippen LogP contribution >= 0.6 is 46.3 Å². The zero-order valence-corrected chi connectivity index (χ0v) is 20.6. The third-order valence-corrected chi connectivity index (χ3v) is 9.89. The van der Waals surface area contributed by atoms with Crippen molar-refractivity contribution in [2.75, 3.05) is 0 Å². The van der Waals surface area contributed by atoms with Crippen LogP contribution in [-0.4, -0.2) is 25.0 Å². The maximum absolute atomic E-state index is 13.1. The van der Waals surface area contributed by atoms with Gasteiger partial charge in [0.1, 0.15) is 4.75 Å². The first kappa shape index (κ1) is 25.0. The second-order valence-corrected chi connectivity index (χ2v) is 12.2. The van der Waals surface area contributed by atoms with Crippen molar-refractivity contribution in [1.82, 2.24) is 4.98 Å². The second kappa shape index (κ2) is 8.86. The van der Waals surface area contributed by atoms with Crippen LogP contribution in [0.25, 0.3) is 10.2 Å². The van der Waals surface area contributed by atoms with Gasteiger partial charge < -0.3 is 0 Å². The Labute approximate surface area is 210 Å². The highest BCUT2D eigenvalue weighted by Crippen LogP contribution is 2.46. The van der Waals surface area contributed by atoms with E-state index < -0.39 is 31.9 Å². The molecule has 2 N–H and O–H groups in total. The van der Waals surface area contributed by atoms with Crippen LogP contribution in [0.4, 0.5) is 13.2 Å². The fraction of sp³-hybridized carbons (Fsp3) is 0.143. The van der Waals surface area contributed by atoms with Crippen LogP contribution in [0.2, 0.25) is 5.02 Å². The number of halogens is 5. The number of allylic oxidation sites excluding steroid dienone is 3. The fourth-order valence-corrected chi connectivity index (χ4v) is 7.55. The summed E-state index contributed by atoms with van der Waals surface area (Å²) < 4.78 is 63.8. The van der Waals surface area contributed by atoms with E-state index in [2.05, 4.69) is 4.98 Å². The molecule has 1 heterocycles. The van der Waals surface area contributed by atoms with Crippen molar-refractivity contribution in [1.29, 1.82) is 5.26 Å². The Morgan fingerprint density at radius 3 is 2.56 bits per heavy atom. The molecule has 1 aliphatic rings. The third kappa shape index (κ3) is 4.46. The minimum Gasteiger partial charge on any atom is -0.229 e. The van der Waals surface area contributed by atoms with E-state index in [0.717, 1.165) is 10.8 Å². The summed E-state index contributed by atoms with van der Waals surface area (Å²) in [7, 11) is -4.50. The van der Waals surface area contributed by atoms with E-state index >= 15 is 0 Å². The summed E-state index contributed by atoms with van der Waals surface area (Å²) in [4.78, 5) is 5.01. The Balaban J connectivity index is 1.71. The Morgan fingerprint density at radius 1 is 1.24 bits per heavy atom. The number of primary sulfonamides is 1. The molecule has 5 nitrogen and oxygen atoms in total. The van der Waals surface area contributed by atoms with Crippen molar-refractivity contribution in [2.24, 2.45) is 5.14 Å². The van der Waals surface area contributed by atoms with E-state index in [0.29, 0.717) is 32.5 Å². The van der Waals surface area contributed by atoms with Gasteiger partial charge in [-0.3, -0.25) is 0 Å². The Kier molecular flexibility index (Phi) is 6.52. The van der Waals surface area contributed by atoms with Gasteiger partial charge in [-0.1, -0.05) is 47.7 Å². The van der Waals surface area contributed by atoms with Crippen molar-refractivity contribution in [3.8, 4) is 6.07 Å². The second-order valence-electron chi connectivity index (χ2n) is 7.21. The number of fused-ring (bicyclic) bond motifs is 1. The molecule has 0 amide bonds. The number of nitrogens with two attached hydrogens (primary N) is 1. The molecular formula is C21H12Cl2F3N3O2S3. The number of benzene rings is 2. The number of alkyl halides is 4. The maximum atomic E-state index is 13.1. The summed E-state index contributed by atoms with van der Waals surface area (Å²) in [6.45, 7) is 0. The van der Waals surface area contributed by atoms with Gasteiger partial charge in [0.2, 0.25) is 10.0 Å². The third-order valence-electron chi connectivity index (χ3n) is 5.12. The smallest absolute Gasteiger partial charge is 0.229 e. The van der Waals surface area contributed by atoms with Crippen LogP contribution in [0.3, 0.4) is 0 Å². The summed E-state index contributed by atoms with van der Waals surface area (Å²) in [5.41, 5.74) is 0.0856. The molecule has 4 rings (SSSR count). The molecular weight excluding hydrogens is 550 g/mol. The van der Waals surface area contributed by atoms with Gasteiger partial charge in [0.25, 0.3) is 0 Å². The number of nitrogens with zero attached hydrogens (tertiary/aromatic N) is 2. The lowest BCUT2D eigenvalue weighted by Crippen LogP contribution is -2.47. The summed E-state index contributed by atoms with van der Waals surface area (Å²) in [6.07, 6.45) is -2.57. The molecule has 13 heteroatoms. The summed E-state index contributed by atoms with van der Waals surface area (Å²) in [5.74, 6) is 0.